The molecule has 0 aromatic rings. The number of rotatable bonds is 8. The van der Waals surface area contributed by atoms with Crippen LogP contribution in [-0.4, -0.2) is 31.7 Å². The lowest BCUT2D eigenvalue weighted by Crippen LogP contribution is -2.21. The number of alkyl halides is 2. The molecule has 3 nitrogen and oxygen atoms in total. The van der Waals surface area contributed by atoms with Crippen LogP contribution >= 0.6 is 0 Å². The van der Waals surface area contributed by atoms with Gasteiger partial charge in [-0.25, -0.2) is 8.78 Å². The summed E-state index contributed by atoms with van der Waals surface area (Å²) in [5, 5.41) is 0. The second-order valence-electron chi connectivity index (χ2n) is 3.11. The summed E-state index contributed by atoms with van der Waals surface area (Å²) in [5.41, 5.74) is 0. The van der Waals surface area contributed by atoms with Crippen molar-refractivity contribution < 1.29 is 23.0 Å². The zero-order valence-electron chi connectivity index (χ0n) is 9.22. The van der Waals surface area contributed by atoms with Crippen LogP contribution in [0.5, 0.6) is 0 Å². The second kappa shape index (κ2) is 7.56. The highest BCUT2D eigenvalue weighted by atomic mass is 19.3. The van der Waals surface area contributed by atoms with Crippen LogP contribution < -0.4 is 0 Å². The SMILES string of the molecule is CCOCCC(F)(F)CCC(=O)OCC. The van der Waals surface area contributed by atoms with E-state index in [0.29, 0.717) is 6.61 Å². The summed E-state index contributed by atoms with van der Waals surface area (Å²) >= 11 is 0. The molecule has 0 aromatic carbocycles. The standard InChI is InChI=1S/C10H18F2O3/c1-3-14-8-7-10(11,12)6-5-9(13)15-4-2/h3-8H2,1-2H3. The van der Waals surface area contributed by atoms with Gasteiger partial charge in [0.15, 0.2) is 0 Å². The zero-order valence-corrected chi connectivity index (χ0v) is 9.22. The van der Waals surface area contributed by atoms with E-state index in [1.165, 1.54) is 0 Å². The van der Waals surface area contributed by atoms with Gasteiger partial charge in [-0.1, -0.05) is 0 Å². The first-order valence-corrected chi connectivity index (χ1v) is 5.13. The Morgan fingerprint density at radius 1 is 1.20 bits per heavy atom. The molecule has 90 valence electrons. The first-order valence-electron chi connectivity index (χ1n) is 5.13. The predicted octanol–water partition coefficient (Wildman–Crippen LogP) is 2.39. The van der Waals surface area contributed by atoms with E-state index in [9.17, 15) is 13.6 Å². The molecular weight excluding hydrogens is 206 g/mol. The Morgan fingerprint density at radius 3 is 2.40 bits per heavy atom. The monoisotopic (exact) mass is 224 g/mol. The molecule has 0 saturated heterocycles. The lowest BCUT2D eigenvalue weighted by molar-refractivity contribution is -0.145. The van der Waals surface area contributed by atoms with Gasteiger partial charge >= 0.3 is 5.97 Å². The molecule has 0 radical (unpaired) electrons. The van der Waals surface area contributed by atoms with Gasteiger partial charge in [-0.05, 0) is 13.8 Å². The molecule has 15 heavy (non-hydrogen) atoms. The molecule has 0 bridgehead atoms. The Kier molecular flexibility index (Phi) is 7.21. The highest BCUT2D eigenvalue weighted by Gasteiger charge is 2.29. The van der Waals surface area contributed by atoms with Crippen LogP contribution in [0.25, 0.3) is 0 Å². The summed E-state index contributed by atoms with van der Waals surface area (Å²) in [6.07, 6.45) is -1.06. The van der Waals surface area contributed by atoms with Crippen LogP contribution in [0.3, 0.4) is 0 Å². The van der Waals surface area contributed by atoms with E-state index < -0.39 is 18.3 Å². The molecule has 0 spiro atoms. The number of carbonyl (C=O) groups is 1. The van der Waals surface area contributed by atoms with Gasteiger partial charge in [0.05, 0.1) is 19.6 Å². The Bertz CT molecular complexity index is 184. The Hall–Kier alpha value is -0.710. The van der Waals surface area contributed by atoms with Crippen molar-refractivity contribution in [2.75, 3.05) is 19.8 Å². The minimum absolute atomic E-state index is 0.0202. The lowest BCUT2D eigenvalue weighted by Gasteiger charge is -2.15. The fourth-order valence-electron chi connectivity index (χ4n) is 1.01. The van der Waals surface area contributed by atoms with Crippen molar-refractivity contribution in [3.63, 3.8) is 0 Å². The lowest BCUT2D eigenvalue weighted by atomic mass is 10.1. The summed E-state index contributed by atoms with van der Waals surface area (Å²) in [4.78, 5) is 10.8. The highest BCUT2D eigenvalue weighted by molar-refractivity contribution is 5.69. The molecule has 0 unspecified atom stereocenters. The smallest absolute Gasteiger partial charge is 0.305 e. The van der Waals surface area contributed by atoms with E-state index in [1.807, 2.05) is 0 Å². The van der Waals surface area contributed by atoms with Crippen molar-refractivity contribution in [1.82, 2.24) is 0 Å². The van der Waals surface area contributed by atoms with Gasteiger partial charge in [0.25, 0.3) is 5.92 Å². The number of hydrogen-bond donors (Lipinski definition) is 0. The third-order valence-electron chi connectivity index (χ3n) is 1.82. The molecule has 0 aliphatic heterocycles. The zero-order chi connectivity index (χ0) is 11.7. The minimum Gasteiger partial charge on any atom is -0.466 e. The van der Waals surface area contributed by atoms with Gasteiger partial charge < -0.3 is 9.47 Å². The van der Waals surface area contributed by atoms with E-state index in [1.54, 1.807) is 13.8 Å². The fraction of sp³-hybridized carbons (Fsp3) is 0.900. The maximum Gasteiger partial charge on any atom is 0.305 e. The van der Waals surface area contributed by atoms with E-state index >= 15 is 0 Å². The average molecular weight is 224 g/mol. The Morgan fingerprint density at radius 2 is 1.87 bits per heavy atom. The average Bonchev–Trinajstić information content (AvgIpc) is 2.16. The van der Waals surface area contributed by atoms with Gasteiger partial charge in [0.2, 0.25) is 0 Å². The number of esters is 1. The van der Waals surface area contributed by atoms with Crippen LogP contribution in [0, 0.1) is 0 Å². The van der Waals surface area contributed by atoms with Gasteiger partial charge in [-0.3, -0.25) is 4.79 Å². The number of hydrogen-bond acceptors (Lipinski definition) is 3. The largest absolute Gasteiger partial charge is 0.466 e. The van der Waals surface area contributed by atoms with Gasteiger partial charge in [-0.2, -0.15) is 0 Å². The first kappa shape index (κ1) is 14.3. The summed E-state index contributed by atoms with van der Waals surface area (Å²) in [5.74, 6) is -3.42. The van der Waals surface area contributed by atoms with Crippen molar-refractivity contribution in [3.05, 3.63) is 0 Å². The molecule has 0 fully saturated rings. The van der Waals surface area contributed by atoms with Crippen LogP contribution in [0.1, 0.15) is 33.1 Å². The number of carbonyl (C=O) groups excluding carboxylic acids is 1. The van der Waals surface area contributed by atoms with E-state index in [-0.39, 0.29) is 26.1 Å². The molecule has 0 rings (SSSR count). The van der Waals surface area contributed by atoms with Gasteiger partial charge in [-0.15, -0.1) is 0 Å². The first-order chi connectivity index (χ1) is 7.02. The van der Waals surface area contributed by atoms with Crippen molar-refractivity contribution in [2.45, 2.75) is 39.0 Å². The van der Waals surface area contributed by atoms with Crippen LogP contribution in [0.2, 0.25) is 0 Å². The normalized spacial score (nSPS) is 11.5. The molecule has 0 aliphatic carbocycles. The topological polar surface area (TPSA) is 35.5 Å². The minimum atomic E-state index is -2.85. The molecule has 0 aliphatic rings. The maximum atomic E-state index is 13.1. The molecule has 5 heteroatoms. The predicted molar refractivity (Wildman–Crippen MR) is 51.9 cm³/mol. The Balaban J connectivity index is 3.67. The molecule has 0 amide bonds. The van der Waals surface area contributed by atoms with E-state index in [0.717, 1.165) is 0 Å². The van der Waals surface area contributed by atoms with E-state index in [2.05, 4.69) is 4.74 Å². The molecule has 0 atom stereocenters. The maximum absolute atomic E-state index is 13.1. The van der Waals surface area contributed by atoms with Crippen LogP contribution in [0.15, 0.2) is 0 Å². The summed E-state index contributed by atoms with van der Waals surface area (Å²) in [6, 6.07) is 0. The van der Waals surface area contributed by atoms with Gasteiger partial charge in [0.1, 0.15) is 0 Å². The molecule has 0 saturated carbocycles. The third kappa shape index (κ3) is 8.30. The third-order valence-corrected chi connectivity index (χ3v) is 1.82. The quantitative estimate of drug-likeness (QED) is 0.469. The molecular formula is C10H18F2O3. The molecule has 0 heterocycles. The summed E-state index contributed by atoms with van der Waals surface area (Å²) in [7, 11) is 0. The number of ether oxygens (including phenoxy) is 2. The second-order valence-corrected chi connectivity index (χ2v) is 3.11. The van der Waals surface area contributed by atoms with Crippen LogP contribution in [0.4, 0.5) is 8.78 Å². The molecule has 0 N–H and O–H groups in total. The Labute approximate surface area is 88.7 Å². The van der Waals surface area contributed by atoms with Crippen molar-refractivity contribution in [1.29, 1.82) is 0 Å². The van der Waals surface area contributed by atoms with Gasteiger partial charge in [0, 0.05) is 19.4 Å². The van der Waals surface area contributed by atoms with Crippen molar-refractivity contribution in [2.24, 2.45) is 0 Å². The van der Waals surface area contributed by atoms with E-state index in [4.69, 9.17) is 4.74 Å². The summed E-state index contributed by atoms with van der Waals surface area (Å²) in [6.45, 7) is 4.06. The summed E-state index contributed by atoms with van der Waals surface area (Å²) < 4.78 is 35.5. The van der Waals surface area contributed by atoms with Crippen LogP contribution in [-0.2, 0) is 14.3 Å². The fourth-order valence-corrected chi connectivity index (χ4v) is 1.01. The van der Waals surface area contributed by atoms with Crippen molar-refractivity contribution >= 4 is 5.97 Å². The molecule has 0 aromatic heterocycles. The van der Waals surface area contributed by atoms with Crippen molar-refractivity contribution in [3.8, 4) is 0 Å². The highest BCUT2D eigenvalue weighted by Crippen LogP contribution is 2.24. The number of halogens is 2.